The molecule has 0 bridgehead atoms. The second kappa shape index (κ2) is 5.73. The largest absolute Gasteiger partial charge is 0.308 e. The maximum atomic E-state index is 4.52. The van der Waals surface area contributed by atoms with Crippen molar-refractivity contribution < 1.29 is 0 Å². The van der Waals surface area contributed by atoms with E-state index < -0.39 is 0 Å². The van der Waals surface area contributed by atoms with Gasteiger partial charge >= 0.3 is 0 Å². The van der Waals surface area contributed by atoms with Crippen LogP contribution in [0.15, 0.2) is 65.3 Å². The molecule has 0 spiro atoms. The second-order valence-corrected chi connectivity index (χ2v) is 5.51. The van der Waals surface area contributed by atoms with Crippen molar-refractivity contribution in [2.45, 2.75) is 6.04 Å². The predicted molar refractivity (Wildman–Crippen MR) is 86.8 cm³/mol. The number of nitrogens with one attached hydrogen (secondary N) is 1. The van der Waals surface area contributed by atoms with Crippen LogP contribution in [0.3, 0.4) is 0 Å². The molecule has 3 aromatic rings. The van der Waals surface area contributed by atoms with Gasteiger partial charge in [0.1, 0.15) is 0 Å². The Morgan fingerprint density at radius 2 is 1.80 bits per heavy atom. The van der Waals surface area contributed by atoms with Gasteiger partial charge in [-0.3, -0.25) is 4.98 Å². The van der Waals surface area contributed by atoms with Crippen LogP contribution in [-0.2, 0) is 0 Å². The molecule has 1 aromatic heterocycles. The molecular formula is C17H15BrN2. The predicted octanol–water partition coefficient (Wildman–Crippen LogP) is 4.31. The Morgan fingerprint density at radius 3 is 2.60 bits per heavy atom. The Labute approximate surface area is 127 Å². The fourth-order valence-electron chi connectivity index (χ4n) is 2.55. The van der Waals surface area contributed by atoms with Gasteiger partial charge in [-0.15, -0.1) is 0 Å². The zero-order valence-corrected chi connectivity index (χ0v) is 12.8. The Bertz CT molecular complexity index is 734. The zero-order valence-electron chi connectivity index (χ0n) is 11.2. The summed E-state index contributed by atoms with van der Waals surface area (Å²) in [5, 5.41) is 5.88. The minimum atomic E-state index is 0.0664. The highest BCUT2D eigenvalue weighted by molar-refractivity contribution is 9.10. The van der Waals surface area contributed by atoms with Gasteiger partial charge in [0, 0.05) is 10.7 Å². The number of halogens is 1. The second-order valence-electron chi connectivity index (χ2n) is 4.66. The molecule has 1 unspecified atom stereocenters. The average Bonchev–Trinajstić information content (AvgIpc) is 2.50. The van der Waals surface area contributed by atoms with Gasteiger partial charge in [-0.2, -0.15) is 0 Å². The maximum Gasteiger partial charge on any atom is 0.0766 e. The molecule has 3 heteroatoms. The van der Waals surface area contributed by atoms with Gasteiger partial charge in [0.25, 0.3) is 0 Å². The molecule has 2 nitrogen and oxygen atoms in total. The van der Waals surface area contributed by atoms with E-state index in [0.717, 1.165) is 10.2 Å². The smallest absolute Gasteiger partial charge is 0.0766 e. The van der Waals surface area contributed by atoms with E-state index in [1.54, 1.807) is 0 Å². The van der Waals surface area contributed by atoms with Gasteiger partial charge in [0.2, 0.25) is 0 Å². The number of rotatable bonds is 3. The number of benzene rings is 2. The summed E-state index contributed by atoms with van der Waals surface area (Å²) in [5.41, 5.74) is 2.25. The van der Waals surface area contributed by atoms with Crippen LogP contribution in [-0.4, -0.2) is 12.0 Å². The van der Waals surface area contributed by atoms with Crippen LogP contribution in [0, 0.1) is 0 Å². The summed E-state index contributed by atoms with van der Waals surface area (Å²) in [7, 11) is 1.97. The van der Waals surface area contributed by atoms with Crippen molar-refractivity contribution in [3.05, 3.63) is 76.5 Å². The van der Waals surface area contributed by atoms with Gasteiger partial charge in [-0.05, 0) is 51.4 Å². The van der Waals surface area contributed by atoms with Gasteiger partial charge in [0.15, 0.2) is 0 Å². The average molecular weight is 327 g/mol. The fraction of sp³-hybridized carbons (Fsp3) is 0.118. The van der Waals surface area contributed by atoms with E-state index in [4.69, 9.17) is 0 Å². The first-order valence-electron chi connectivity index (χ1n) is 6.56. The molecular weight excluding hydrogens is 312 g/mol. The molecule has 0 aliphatic carbocycles. The molecule has 0 amide bonds. The van der Waals surface area contributed by atoms with Crippen molar-refractivity contribution >= 4 is 26.7 Å². The first-order chi connectivity index (χ1) is 9.81. The van der Waals surface area contributed by atoms with Crippen LogP contribution < -0.4 is 5.32 Å². The zero-order chi connectivity index (χ0) is 13.9. The molecule has 1 N–H and O–H groups in total. The Kier molecular flexibility index (Phi) is 3.81. The minimum Gasteiger partial charge on any atom is -0.308 e. The lowest BCUT2D eigenvalue weighted by molar-refractivity contribution is 0.672. The number of pyridine rings is 1. The van der Waals surface area contributed by atoms with Gasteiger partial charge in [-0.1, -0.05) is 42.5 Å². The molecule has 1 atom stereocenters. The van der Waals surface area contributed by atoms with Gasteiger partial charge in [0.05, 0.1) is 11.7 Å². The topological polar surface area (TPSA) is 24.9 Å². The van der Waals surface area contributed by atoms with E-state index >= 15 is 0 Å². The molecule has 0 radical (unpaired) electrons. The summed E-state index contributed by atoms with van der Waals surface area (Å²) >= 11 is 3.60. The van der Waals surface area contributed by atoms with Crippen LogP contribution in [0.5, 0.6) is 0 Å². The van der Waals surface area contributed by atoms with E-state index in [0.29, 0.717) is 0 Å². The van der Waals surface area contributed by atoms with Crippen molar-refractivity contribution in [1.82, 2.24) is 10.3 Å². The highest BCUT2D eigenvalue weighted by Crippen LogP contribution is 2.31. The third kappa shape index (κ3) is 2.35. The number of nitrogens with zero attached hydrogens (tertiary/aromatic N) is 1. The lowest BCUT2D eigenvalue weighted by Crippen LogP contribution is -2.19. The summed E-state index contributed by atoms with van der Waals surface area (Å²) in [6, 6.07) is 18.9. The first-order valence-corrected chi connectivity index (χ1v) is 7.36. The Balaban J connectivity index is 2.20. The molecule has 0 saturated heterocycles. The number of aromatic nitrogens is 1. The van der Waals surface area contributed by atoms with Gasteiger partial charge < -0.3 is 5.32 Å². The lowest BCUT2D eigenvalue weighted by atomic mass is 9.96. The SMILES string of the molecule is CNC(c1ncccc1Br)c1cccc2ccccc12. The summed E-state index contributed by atoms with van der Waals surface area (Å²) in [6.07, 6.45) is 1.83. The molecule has 100 valence electrons. The summed E-state index contributed by atoms with van der Waals surface area (Å²) in [4.78, 5) is 4.52. The molecule has 0 fully saturated rings. The third-order valence-corrected chi connectivity index (χ3v) is 4.15. The van der Waals surface area contributed by atoms with Crippen LogP contribution in [0.4, 0.5) is 0 Å². The molecule has 3 rings (SSSR count). The van der Waals surface area contributed by atoms with E-state index in [1.807, 2.05) is 25.4 Å². The van der Waals surface area contributed by atoms with E-state index in [2.05, 4.69) is 68.7 Å². The van der Waals surface area contributed by atoms with Crippen LogP contribution in [0.2, 0.25) is 0 Å². The van der Waals surface area contributed by atoms with Crippen molar-refractivity contribution in [1.29, 1.82) is 0 Å². The lowest BCUT2D eigenvalue weighted by Gasteiger charge is -2.19. The summed E-state index contributed by atoms with van der Waals surface area (Å²) in [5.74, 6) is 0. The number of hydrogen-bond acceptors (Lipinski definition) is 2. The van der Waals surface area contributed by atoms with Gasteiger partial charge in [-0.25, -0.2) is 0 Å². The number of fused-ring (bicyclic) bond motifs is 1. The quantitative estimate of drug-likeness (QED) is 0.775. The van der Waals surface area contributed by atoms with Crippen LogP contribution in [0.25, 0.3) is 10.8 Å². The standard InChI is InChI=1S/C17H15BrN2/c1-19-16(17-15(18)10-5-11-20-17)14-9-4-7-12-6-2-3-8-13(12)14/h2-11,16,19H,1H3. The normalized spacial score (nSPS) is 12.5. The summed E-state index contributed by atoms with van der Waals surface area (Å²) in [6.45, 7) is 0. The van der Waals surface area contributed by atoms with Crippen molar-refractivity contribution in [2.75, 3.05) is 7.05 Å². The van der Waals surface area contributed by atoms with E-state index in [9.17, 15) is 0 Å². The Morgan fingerprint density at radius 1 is 1.00 bits per heavy atom. The minimum absolute atomic E-state index is 0.0664. The highest BCUT2D eigenvalue weighted by atomic mass is 79.9. The van der Waals surface area contributed by atoms with E-state index in [1.165, 1.54) is 16.3 Å². The molecule has 0 aliphatic heterocycles. The summed E-state index contributed by atoms with van der Waals surface area (Å²) < 4.78 is 1.02. The van der Waals surface area contributed by atoms with Crippen molar-refractivity contribution in [3.63, 3.8) is 0 Å². The molecule has 0 saturated carbocycles. The van der Waals surface area contributed by atoms with Crippen molar-refractivity contribution in [3.8, 4) is 0 Å². The number of hydrogen-bond donors (Lipinski definition) is 1. The Hall–Kier alpha value is -1.71. The molecule has 20 heavy (non-hydrogen) atoms. The maximum absolute atomic E-state index is 4.52. The molecule has 2 aromatic carbocycles. The van der Waals surface area contributed by atoms with E-state index in [-0.39, 0.29) is 6.04 Å². The molecule has 1 heterocycles. The van der Waals surface area contributed by atoms with Crippen LogP contribution in [0.1, 0.15) is 17.3 Å². The first kappa shape index (κ1) is 13.3. The van der Waals surface area contributed by atoms with Crippen LogP contribution >= 0.6 is 15.9 Å². The van der Waals surface area contributed by atoms with Crippen molar-refractivity contribution in [2.24, 2.45) is 0 Å². The third-order valence-electron chi connectivity index (χ3n) is 3.48. The highest BCUT2D eigenvalue weighted by Gasteiger charge is 2.18. The monoisotopic (exact) mass is 326 g/mol. The molecule has 0 aliphatic rings. The fourth-order valence-corrected chi connectivity index (χ4v) is 3.04.